The number of hydrogen-bond acceptors (Lipinski definition) is 2. The number of nitrogens with zero attached hydrogens (tertiary/aromatic N) is 1. The van der Waals surface area contributed by atoms with Crippen LogP contribution in [0.15, 0.2) is 0 Å². The molecule has 0 saturated carbocycles. The van der Waals surface area contributed by atoms with Crippen LogP contribution in [-0.4, -0.2) is 36.6 Å². The fourth-order valence-corrected chi connectivity index (χ4v) is 2.29. The molecule has 2 heteroatoms. The summed E-state index contributed by atoms with van der Waals surface area (Å²) in [6, 6.07) is 1.57. The molecule has 0 unspecified atom stereocenters. The second kappa shape index (κ2) is 3.11. The Labute approximate surface area is 69.0 Å². The van der Waals surface area contributed by atoms with E-state index in [4.69, 9.17) is 0 Å². The summed E-state index contributed by atoms with van der Waals surface area (Å²) in [6.07, 6.45) is 4.28. The van der Waals surface area contributed by atoms with Crippen LogP contribution in [0, 0.1) is 0 Å². The molecule has 64 valence electrons. The van der Waals surface area contributed by atoms with Crippen LogP contribution < -0.4 is 5.32 Å². The number of piperidine rings is 1. The number of rotatable bonds is 0. The molecule has 0 spiro atoms. The highest BCUT2D eigenvalue weighted by Gasteiger charge is 2.27. The molecular formula is C9H18N2. The lowest BCUT2D eigenvalue weighted by molar-refractivity contribution is 0.0995. The quantitative estimate of drug-likeness (QED) is 0.556. The maximum absolute atomic E-state index is 3.54. The highest BCUT2D eigenvalue weighted by atomic mass is 15.2. The van der Waals surface area contributed by atoms with Crippen LogP contribution in [0.25, 0.3) is 0 Å². The van der Waals surface area contributed by atoms with Gasteiger partial charge in [0.1, 0.15) is 0 Å². The summed E-state index contributed by atoms with van der Waals surface area (Å²) in [5.41, 5.74) is 0. The third-order valence-corrected chi connectivity index (χ3v) is 2.96. The highest BCUT2D eigenvalue weighted by molar-refractivity contribution is 4.86. The summed E-state index contributed by atoms with van der Waals surface area (Å²) in [4.78, 5) is 2.66. The molecule has 0 amide bonds. The second-order valence-electron chi connectivity index (χ2n) is 3.95. The molecule has 2 rings (SSSR count). The van der Waals surface area contributed by atoms with Gasteiger partial charge in [0.15, 0.2) is 0 Å². The van der Waals surface area contributed by atoms with E-state index in [9.17, 15) is 0 Å². The normalized spacial score (nSPS) is 40.1. The van der Waals surface area contributed by atoms with Crippen molar-refractivity contribution in [2.24, 2.45) is 0 Å². The first-order valence-electron chi connectivity index (χ1n) is 4.83. The number of hydrogen-bond donors (Lipinski definition) is 1. The first-order chi connectivity index (χ1) is 5.36. The van der Waals surface area contributed by atoms with Gasteiger partial charge < -0.3 is 5.32 Å². The monoisotopic (exact) mass is 154 g/mol. The van der Waals surface area contributed by atoms with E-state index in [0.717, 1.165) is 6.04 Å². The van der Waals surface area contributed by atoms with Gasteiger partial charge in [0.25, 0.3) is 0 Å². The minimum atomic E-state index is 0.712. The van der Waals surface area contributed by atoms with E-state index in [0.29, 0.717) is 6.04 Å². The summed E-state index contributed by atoms with van der Waals surface area (Å²) >= 11 is 0. The van der Waals surface area contributed by atoms with E-state index in [1.54, 1.807) is 0 Å². The van der Waals surface area contributed by atoms with Crippen molar-refractivity contribution in [3.63, 3.8) is 0 Å². The van der Waals surface area contributed by atoms with Crippen LogP contribution in [0.1, 0.15) is 26.2 Å². The van der Waals surface area contributed by atoms with Crippen molar-refractivity contribution in [2.45, 2.75) is 38.3 Å². The molecule has 2 nitrogen and oxygen atoms in total. The molecule has 0 bridgehead atoms. The number of fused-ring (bicyclic) bond motifs is 1. The van der Waals surface area contributed by atoms with E-state index >= 15 is 0 Å². The van der Waals surface area contributed by atoms with Gasteiger partial charge in [-0.1, -0.05) is 6.42 Å². The first-order valence-corrected chi connectivity index (χ1v) is 4.83. The van der Waals surface area contributed by atoms with E-state index in [1.807, 2.05) is 0 Å². The van der Waals surface area contributed by atoms with Gasteiger partial charge in [-0.05, 0) is 26.3 Å². The summed E-state index contributed by atoms with van der Waals surface area (Å²) < 4.78 is 0. The van der Waals surface area contributed by atoms with Gasteiger partial charge in [0.05, 0.1) is 0 Å². The summed E-state index contributed by atoms with van der Waals surface area (Å²) in [5, 5.41) is 3.54. The van der Waals surface area contributed by atoms with Crippen molar-refractivity contribution in [2.75, 3.05) is 19.6 Å². The van der Waals surface area contributed by atoms with Gasteiger partial charge in [-0.15, -0.1) is 0 Å². The number of piperazine rings is 1. The van der Waals surface area contributed by atoms with Crippen molar-refractivity contribution in [1.82, 2.24) is 10.2 Å². The van der Waals surface area contributed by atoms with Crippen molar-refractivity contribution in [3.05, 3.63) is 0 Å². The standard InChI is InChI=1S/C9H18N2/c1-8-7-11-5-3-2-4-9(11)6-10-8/h8-10H,2-7H2,1H3/t8-,9-/m1/s1. The Hall–Kier alpha value is -0.0800. The third kappa shape index (κ3) is 1.57. The van der Waals surface area contributed by atoms with Crippen LogP contribution in [0.2, 0.25) is 0 Å². The van der Waals surface area contributed by atoms with E-state index in [-0.39, 0.29) is 0 Å². The molecule has 2 aliphatic rings. The molecule has 0 aromatic carbocycles. The lowest BCUT2D eigenvalue weighted by Gasteiger charge is -2.42. The minimum absolute atomic E-state index is 0.712. The van der Waals surface area contributed by atoms with Gasteiger partial charge in [0, 0.05) is 25.2 Å². The topological polar surface area (TPSA) is 15.3 Å². The largest absolute Gasteiger partial charge is 0.311 e. The molecular weight excluding hydrogens is 136 g/mol. The van der Waals surface area contributed by atoms with E-state index < -0.39 is 0 Å². The van der Waals surface area contributed by atoms with E-state index in [2.05, 4.69) is 17.1 Å². The van der Waals surface area contributed by atoms with Crippen LogP contribution in [0.4, 0.5) is 0 Å². The Balaban J connectivity index is 1.93. The zero-order valence-electron chi connectivity index (χ0n) is 7.34. The van der Waals surface area contributed by atoms with Crippen molar-refractivity contribution in [3.8, 4) is 0 Å². The molecule has 0 aliphatic carbocycles. The fraction of sp³-hybridized carbons (Fsp3) is 1.00. The van der Waals surface area contributed by atoms with Crippen molar-refractivity contribution in [1.29, 1.82) is 0 Å². The Kier molecular flexibility index (Phi) is 2.14. The van der Waals surface area contributed by atoms with Gasteiger partial charge in [-0.2, -0.15) is 0 Å². The van der Waals surface area contributed by atoms with Crippen LogP contribution in [0.5, 0.6) is 0 Å². The molecule has 0 aromatic heterocycles. The molecule has 11 heavy (non-hydrogen) atoms. The van der Waals surface area contributed by atoms with Gasteiger partial charge >= 0.3 is 0 Å². The van der Waals surface area contributed by atoms with Gasteiger partial charge in [0.2, 0.25) is 0 Å². The fourth-order valence-electron chi connectivity index (χ4n) is 2.29. The summed E-state index contributed by atoms with van der Waals surface area (Å²) in [7, 11) is 0. The Morgan fingerprint density at radius 2 is 2.27 bits per heavy atom. The van der Waals surface area contributed by atoms with Crippen LogP contribution >= 0.6 is 0 Å². The average molecular weight is 154 g/mol. The Bertz CT molecular complexity index is 136. The van der Waals surface area contributed by atoms with Gasteiger partial charge in [-0.3, -0.25) is 4.90 Å². The van der Waals surface area contributed by atoms with Crippen molar-refractivity contribution < 1.29 is 0 Å². The van der Waals surface area contributed by atoms with Crippen LogP contribution in [-0.2, 0) is 0 Å². The SMILES string of the molecule is C[C@@H]1CN2CCCC[C@@H]2CN1. The average Bonchev–Trinajstić information content (AvgIpc) is 2.04. The maximum Gasteiger partial charge on any atom is 0.0221 e. The molecule has 2 atom stereocenters. The molecule has 0 aromatic rings. The maximum atomic E-state index is 3.54. The zero-order valence-corrected chi connectivity index (χ0v) is 7.34. The lowest BCUT2D eigenvalue weighted by atomic mass is 9.99. The number of nitrogens with one attached hydrogen (secondary N) is 1. The third-order valence-electron chi connectivity index (χ3n) is 2.96. The lowest BCUT2D eigenvalue weighted by Crippen LogP contribution is -2.56. The zero-order chi connectivity index (χ0) is 7.68. The second-order valence-corrected chi connectivity index (χ2v) is 3.95. The minimum Gasteiger partial charge on any atom is -0.311 e. The first kappa shape index (κ1) is 7.56. The molecule has 2 saturated heterocycles. The smallest absolute Gasteiger partial charge is 0.0221 e. The predicted molar refractivity (Wildman–Crippen MR) is 46.7 cm³/mol. The van der Waals surface area contributed by atoms with Gasteiger partial charge in [-0.25, -0.2) is 0 Å². The van der Waals surface area contributed by atoms with Crippen LogP contribution in [0.3, 0.4) is 0 Å². The molecule has 1 N–H and O–H groups in total. The van der Waals surface area contributed by atoms with E-state index in [1.165, 1.54) is 38.9 Å². The molecule has 2 heterocycles. The van der Waals surface area contributed by atoms with Crippen molar-refractivity contribution >= 4 is 0 Å². The Morgan fingerprint density at radius 1 is 1.36 bits per heavy atom. The molecule has 2 aliphatic heterocycles. The predicted octanol–water partition coefficient (Wildman–Crippen LogP) is 0.833. The highest BCUT2D eigenvalue weighted by Crippen LogP contribution is 2.18. The molecule has 2 fully saturated rings. The Morgan fingerprint density at radius 3 is 3.18 bits per heavy atom. The summed E-state index contributed by atoms with van der Waals surface area (Å²) in [5.74, 6) is 0. The molecule has 0 radical (unpaired) electrons. The summed E-state index contributed by atoms with van der Waals surface area (Å²) in [6.45, 7) is 6.12.